The second-order valence-electron chi connectivity index (χ2n) is 4.67. The maximum atomic E-state index is 10.1. The average Bonchev–Trinajstić information content (AvgIpc) is 2.60. The van der Waals surface area contributed by atoms with E-state index < -0.39 is 0 Å². The first kappa shape index (κ1) is 11.9. The Kier molecular flexibility index (Phi) is 4.00. The fraction of sp³-hybridized carbons (Fsp3) is 0.727. The smallest absolute Gasteiger partial charge is 0.226 e. The third-order valence-electron chi connectivity index (χ3n) is 2.10. The van der Waals surface area contributed by atoms with E-state index >= 15 is 0 Å². The molecule has 0 spiro atoms. The van der Waals surface area contributed by atoms with E-state index in [9.17, 15) is 4.79 Å². The molecule has 0 atom stereocenters. The van der Waals surface area contributed by atoms with Crippen molar-refractivity contribution in [3.8, 4) is 0 Å². The largest absolute Gasteiger partial charge is 0.339 e. The van der Waals surface area contributed by atoms with Crippen LogP contribution in [0.2, 0.25) is 0 Å². The molecule has 0 fully saturated rings. The second kappa shape index (κ2) is 5.05. The number of nitrogens with zero attached hydrogens (tertiary/aromatic N) is 2. The Hall–Kier alpha value is -1.19. The number of carbonyl (C=O) groups is 1. The van der Waals surface area contributed by atoms with Crippen molar-refractivity contribution in [2.24, 2.45) is 0 Å². The Morgan fingerprint density at radius 3 is 2.60 bits per heavy atom. The van der Waals surface area contributed by atoms with Crippen LogP contribution in [-0.2, 0) is 16.6 Å². The maximum absolute atomic E-state index is 10.1. The molecule has 1 aromatic heterocycles. The molecule has 0 aliphatic carbocycles. The Morgan fingerprint density at radius 2 is 2.07 bits per heavy atom. The first-order chi connectivity index (χ1) is 7.04. The summed E-state index contributed by atoms with van der Waals surface area (Å²) in [6, 6.07) is 0. The van der Waals surface area contributed by atoms with Gasteiger partial charge in [-0.1, -0.05) is 25.9 Å². The highest BCUT2D eigenvalue weighted by Crippen LogP contribution is 2.18. The lowest BCUT2D eigenvalue weighted by molar-refractivity contribution is -0.107. The third kappa shape index (κ3) is 3.81. The summed E-state index contributed by atoms with van der Waals surface area (Å²) >= 11 is 0. The number of rotatable bonds is 5. The van der Waals surface area contributed by atoms with Crippen LogP contribution in [0.4, 0.5) is 0 Å². The van der Waals surface area contributed by atoms with Crippen LogP contribution in [0.1, 0.15) is 51.7 Å². The van der Waals surface area contributed by atoms with Crippen LogP contribution in [0.15, 0.2) is 4.52 Å². The van der Waals surface area contributed by atoms with Gasteiger partial charge in [0.1, 0.15) is 6.29 Å². The molecule has 1 heterocycles. The van der Waals surface area contributed by atoms with Gasteiger partial charge in [-0.25, -0.2) is 0 Å². The van der Waals surface area contributed by atoms with Crippen molar-refractivity contribution in [2.45, 2.75) is 51.9 Å². The van der Waals surface area contributed by atoms with Crippen LogP contribution in [0.5, 0.6) is 0 Å². The van der Waals surface area contributed by atoms with E-state index in [0.717, 1.165) is 31.4 Å². The van der Waals surface area contributed by atoms with Crippen LogP contribution in [0.25, 0.3) is 0 Å². The number of aldehydes is 1. The SMILES string of the molecule is CC(C)(C)c1noc(CCCCC=O)n1. The van der Waals surface area contributed by atoms with Gasteiger partial charge in [0.05, 0.1) is 0 Å². The Morgan fingerprint density at radius 1 is 1.33 bits per heavy atom. The standard InChI is InChI=1S/C11H18N2O2/c1-11(2,3)10-12-9(15-13-10)7-5-4-6-8-14/h8H,4-7H2,1-3H3. The molecule has 0 aliphatic heterocycles. The summed E-state index contributed by atoms with van der Waals surface area (Å²) in [6.07, 6.45) is 4.12. The van der Waals surface area contributed by atoms with Crippen LogP contribution in [0.3, 0.4) is 0 Å². The minimum absolute atomic E-state index is 0.0649. The average molecular weight is 210 g/mol. The van der Waals surface area contributed by atoms with E-state index in [0.29, 0.717) is 12.3 Å². The van der Waals surface area contributed by atoms with Gasteiger partial charge < -0.3 is 9.32 Å². The van der Waals surface area contributed by atoms with Gasteiger partial charge in [0.25, 0.3) is 0 Å². The zero-order chi connectivity index (χ0) is 11.3. The number of hydrogen-bond acceptors (Lipinski definition) is 4. The lowest BCUT2D eigenvalue weighted by Crippen LogP contribution is -2.13. The molecule has 0 N–H and O–H groups in total. The number of unbranched alkanes of at least 4 members (excludes halogenated alkanes) is 2. The topological polar surface area (TPSA) is 56.0 Å². The summed E-state index contributed by atoms with van der Waals surface area (Å²) in [7, 11) is 0. The van der Waals surface area contributed by atoms with Gasteiger partial charge in [-0.05, 0) is 12.8 Å². The Bertz CT molecular complexity index is 313. The van der Waals surface area contributed by atoms with E-state index in [1.54, 1.807) is 0 Å². The molecular formula is C11H18N2O2. The second-order valence-corrected chi connectivity index (χ2v) is 4.67. The molecule has 0 aliphatic rings. The number of aromatic nitrogens is 2. The lowest BCUT2D eigenvalue weighted by atomic mass is 9.96. The third-order valence-corrected chi connectivity index (χ3v) is 2.10. The molecule has 0 bridgehead atoms. The van der Waals surface area contributed by atoms with E-state index in [-0.39, 0.29) is 5.41 Å². The summed E-state index contributed by atoms with van der Waals surface area (Å²) < 4.78 is 5.12. The van der Waals surface area contributed by atoms with Crippen molar-refractivity contribution in [1.82, 2.24) is 10.1 Å². The van der Waals surface area contributed by atoms with Crippen LogP contribution >= 0.6 is 0 Å². The molecule has 0 aromatic carbocycles. The lowest BCUT2D eigenvalue weighted by Gasteiger charge is -2.10. The highest BCUT2D eigenvalue weighted by molar-refractivity contribution is 5.48. The zero-order valence-electron chi connectivity index (χ0n) is 9.62. The fourth-order valence-electron chi connectivity index (χ4n) is 1.16. The predicted octanol–water partition coefficient (Wildman–Crippen LogP) is 2.28. The molecule has 0 radical (unpaired) electrons. The summed E-state index contributed by atoms with van der Waals surface area (Å²) in [4.78, 5) is 14.4. The van der Waals surface area contributed by atoms with E-state index in [4.69, 9.17) is 4.52 Å². The van der Waals surface area contributed by atoms with Crippen molar-refractivity contribution in [3.05, 3.63) is 11.7 Å². The Labute approximate surface area is 90.1 Å². The molecule has 4 nitrogen and oxygen atoms in total. The highest BCUT2D eigenvalue weighted by Gasteiger charge is 2.20. The van der Waals surface area contributed by atoms with Crippen molar-refractivity contribution < 1.29 is 9.32 Å². The summed E-state index contributed by atoms with van der Waals surface area (Å²) in [5, 5.41) is 3.93. The van der Waals surface area contributed by atoms with Gasteiger partial charge in [0, 0.05) is 18.3 Å². The van der Waals surface area contributed by atoms with E-state index in [2.05, 4.69) is 10.1 Å². The molecule has 84 valence electrons. The van der Waals surface area contributed by atoms with E-state index in [1.165, 1.54) is 0 Å². The summed E-state index contributed by atoms with van der Waals surface area (Å²) in [5.74, 6) is 1.42. The molecule has 0 saturated heterocycles. The fourth-order valence-corrected chi connectivity index (χ4v) is 1.16. The van der Waals surface area contributed by atoms with Crippen LogP contribution in [0, 0.1) is 0 Å². The Balaban J connectivity index is 2.43. The minimum atomic E-state index is -0.0649. The molecular weight excluding hydrogens is 192 g/mol. The predicted molar refractivity (Wildman–Crippen MR) is 56.6 cm³/mol. The summed E-state index contributed by atoms with van der Waals surface area (Å²) in [6.45, 7) is 6.15. The van der Waals surface area contributed by atoms with Crippen LogP contribution < -0.4 is 0 Å². The molecule has 15 heavy (non-hydrogen) atoms. The highest BCUT2D eigenvalue weighted by atomic mass is 16.5. The monoisotopic (exact) mass is 210 g/mol. The van der Waals surface area contributed by atoms with Gasteiger partial charge in [-0.15, -0.1) is 0 Å². The molecule has 1 aromatic rings. The molecule has 0 unspecified atom stereocenters. The quantitative estimate of drug-likeness (QED) is 0.552. The van der Waals surface area contributed by atoms with E-state index in [1.807, 2.05) is 20.8 Å². The van der Waals surface area contributed by atoms with Gasteiger partial charge in [-0.2, -0.15) is 4.98 Å². The van der Waals surface area contributed by atoms with Gasteiger partial charge in [-0.3, -0.25) is 0 Å². The molecule has 1 rings (SSSR count). The van der Waals surface area contributed by atoms with Crippen LogP contribution in [-0.4, -0.2) is 16.4 Å². The van der Waals surface area contributed by atoms with Gasteiger partial charge >= 0.3 is 0 Å². The normalized spacial score (nSPS) is 11.7. The minimum Gasteiger partial charge on any atom is -0.339 e. The first-order valence-corrected chi connectivity index (χ1v) is 5.31. The van der Waals surface area contributed by atoms with Gasteiger partial charge in [0.2, 0.25) is 5.89 Å². The summed E-state index contributed by atoms with van der Waals surface area (Å²) in [5.41, 5.74) is -0.0649. The molecule has 0 saturated carbocycles. The van der Waals surface area contributed by atoms with Crippen molar-refractivity contribution >= 4 is 6.29 Å². The maximum Gasteiger partial charge on any atom is 0.226 e. The molecule has 4 heteroatoms. The van der Waals surface area contributed by atoms with Crippen molar-refractivity contribution in [2.75, 3.05) is 0 Å². The number of carbonyl (C=O) groups excluding carboxylic acids is 1. The first-order valence-electron chi connectivity index (χ1n) is 5.31. The zero-order valence-corrected chi connectivity index (χ0v) is 9.62. The van der Waals surface area contributed by atoms with Gasteiger partial charge in [0.15, 0.2) is 5.82 Å². The van der Waals surface area contributed by atoms with Crippen molar-refractivity contribution in [3.63, 3.8) is 0 Å². The number of hydrogen-bond donors (Lipinski definition) is 0. The molecule has 0 amide bonds. The number of aryl methyl sites for hydroxylation is 1. The van der Waals surface area contributed by atoms with Crippen molar-refractivity contribution in [1.29, 1.82) is 0 Å².